The number of nitrogens with two attached hydrogens (primary N) is 1. The molecule has 1 heterocycles. The molecule has 1 aromatic heterocycles. The molecule has 0 aliphatic carbocycles. The van der Waals surface area contributed by atoms with Crippen molar-refractivity contribution in [3.05, 3.63) is 11.9 Å². The van der Waals surface area contributed by atoms with E-state index in [4.69, 9.17) is 10.8 Å². The van der Waals surface area contributed by atoms with Crippen LogP contribution in [0.25, 0.3) is 0 Å². The van der Waals surface area contributed by atoms with Crippen LogP contribution in [0.1, 0.15) is 30.8 Å². The Labute approximate surface area is 101 Å². The van der Waals surface area contributed by atoms with Gasteiger partial charge in [0.25, 0.3) is 5.91 Å². The van der Waals surface area contributed by atoms with Crippen LogP contribution in [0.4, 0.5) is 5.69 Å². The number of aliphatic hydroxyl groups excluding tert-OH is 1. The van der Waals surface area contributed by atoms with E-state index >= 15 is 0 Å². The van der Waals surface area contributed by atoms with E-state index in [9.17, 15) is 4.79 Å². The number of nitrogens with zero attached hydrogens (tertiary/aromatic N) is 3. The molecule has 0 aromatic carbocycles. The van der Waals surface area contributed by atoms with Crippen LogP contribution in [0.3, 0.4) is 0 Å². The van der Waals surface area contributed by atoms with Gasteiger partial charge in [-0.2, -0.15) is 5.10 Å². The molecular formula is C11H20N4O2. The van der Waals surface area contributed by atoms with Crippen LogP contribution in [-0.2, 0) is 7.05 Å². The summed E-state index contributed by atoms with van der Waals surface area (Å²) < 4.78 is 1.48. The van der Waals surface area contributed by atoms with E-state index in [2.05, 4.69) is 5.10 Å². The van der Waals surface area contributed by atoms with Crippen LogP contribution in [-0.4, -0.2) is 44.9 Å². The van der Waals surface area contributed by atoms with E-state index in [1.807, 2.05) is 13.8 Å². The van der Waals surface area contributed by atoms with Gasteiger partial charge in [0.2, 0.25) is 0 Å². The summed E-state index contributed by atoms with van der Waals surface area (Å²) in [6.45, 7) is 4.44. The Bertz CT molecular complexity index is 367. The highest BCUT2D eigenvalue weighted by atomic mass is 16.3. The van der Waals surface area contributed by atoms with Crippen molar-refractivity contribution in [1.82, 2.24) is 14.7 Å². The minimum atomic E-state index is -0.147. The average molecular weight is 240 g/mol. The Morgan fingerprint density at radius 1 is 1.65 bits per heavy atom. The Morgan fingerprint density at radius 2 is 2.29 bits per heavy atom. The number of aryl methyl sites for hydroxylation is 1. The minimum Gasteiger partial charge on any atom is -0.396 e. The van der Waals surface area contributed by atoms with Crippen molar-refractivity contribution < 1.29 is 9.90 Å². The highest BCUT2D eigenvalue weighted by molar-refractivity contribution is 5.97. The molecule has 0 saturated heterocycles. The maximum Gasteiger partial charge on any atom is 0.274 e. The van der Waals surface area contributed by atoms with Gasteiger partial charge in [-0.3, -0.25) is 9.48 Å². The first-order valence-electron chi connectivity index (χ1n) is 5.68. The third-order valence-corrected chi connectivity index (χ3v) is 2.61. The summed E-state index contributed by atoms with van der Waals surface area (Å²) in [4.78, 5) is 14.0. The number of nitrogen functional groups attached to an aromatic ring is 1. The van der Waals surface area contributed by atoms with E-state index in [0.717, 1.165) is 0 Å². The van der Waals surface area contributed by atoms with Crippen molar-refractivity contribution in [3.8, 4) is 0 Å². The van der Waals surface area contributed by atoms with Gasteiger partial charge in [0, 0.05) is 26.2 Å². The van der Waals surface area contributed by atoms with E-state index < -0.39 is 0 Å². The molecule has 6 nitrogen and oxygen atoms in total. The molecule has 0 saturated carbocycles. The normalized spacial score (nSPS) is 10.9. The van der Waals surface area contributed by atoms with Crippen molar-refractivity contribution in [2.75, 3.05) is 18.9 Å². The maximum absolute atomic E-state index is 12.3. The Kier molecular flexibility index (Phi) is 4.51. The van der Waals surface area contributed by atoms with Gasteiger partial charge in [-0.05, 0) is 20.3 Å². The number of aromatic nitrogens is 2. The van der Waals surface area contributed by atoms with Gasteiger partial charge >= 0.3 is 0 Å². The van der Waals surface area contributed by atoms with Crippen LogP contribution in [0, 0.1) is 0 Å². The predicted molar refractivity (Wildman–Crippen MR) is 65.5 cm³/mol. The summed E-state index contributed by atoms with van der Waals surface area (Å²) in [7, 11) is 1.69. The first kappa shape index (κ1) is 13.5. The fourth-order valence-corrected chi connectivity index (χ4v) is 1.69. The summed E-state index contributed by atoms with van der Waals surface area (Å²) in [5.74, 6) is -0.147. The fourth-order valence-electron chi connectivity index (χ4n) is 1.69. The van der Waals surface area contributed by atoms with Gasteiger partial charge in [0.1, 0.15) is 5.69 Å². The number of aliphatic hydroxyl groups is 1. The lowest BCUT2D eigenvalue weighted by atomic mass is 10.2. The summed E-state index contributed by atoms with van der Waals surface area (Å²) in [6.07, 6.45) is 2.03. The zero-order valence-electron chi connectivity index (χ0n) is 10.6. The first-order chi connectivity index (χ1) is 7.99. The summed E-state index contributed by atoms with van der Waals surface area (Å²) in [6, 6.07) is 0.0587. The van der Waals surface area contributed by atoms with Crippen molar-refractivity contribution in [2.24, 2.45) is 7.05 Å². The fraction of sp³-hybridized carbons (Fsp3) is 0.636. The molecule has 3 N–H and O–H groups in total. The molecule has 17 heavy (non-hydrogen) atoms. The number of amides is 1. The van der Waals surface area contributed by atoms with Gasteiger partial charge in [0.15, 0.2) is 0 Å². The topological polar surface area (TPSA) is 84.4 Å². The Hall–Kier alpha value is -1.56. The number of hydrogen-bond donors (Lipinski definition) is 2. The third kappa shape index (κ3) is 2.97. The van der Waals surface area contributed by atoms with Gasteiger partial charge in [0.05, 0.1) is 11.9 Å². The second-order valence-electron chi connectivity index (χ2n) is 4.24. The van der Waals surface area contributed by atoms with Gasteiger partial charge in [-0.1, -0.05) is 0 Å². The van der Waals surface area contributed by atoms with Gasteiger partial charge in [-0.25, -0.2) is 0 Å². The molecule has 0 bridgehead atoms. The second kappa shape index (κ2) is 5.67. The quantitative estimate of drug-likeness (QED) is 0.772. The van der Waals surface area contributed by atoms with Crippen LogP contribution >= 0.6 is 0 Å². The molecule has 0 aliphatic rings. The molecular weight excluding hydrogens is 220 g/mol. The Morgan fingerprint density at radius 3 is 2.71 bits per heavy atom. The average Bonchev–Trinajstić information content (AvgIpc) is 2.58. The van der Waals surface area contributed by atoms with Crippen molar-refractivity contribution in [1.29, 1.82) is 0 Å². The van der Waals surface area contributed by atoms with Crippen LogP contribution in [0.2, 0.25) is 0 Å². The number of carbonyl (C=O) groups is 1. The van der Waals surface area contributed by atoms with Gasteiger partial charge in [-0.15, -0.1) is 0 Å². The van der Waals surface area contributed by atoms with E-state index in [1.165, 1.54) is 10.9 Å². The summed E-state index contributed by atoms with van der Waals surface area (Å²) in [5.41, 5.74) is 6.51. The summed E-state index contributed by atoms with van der Waals surface area (Å²) >= 11 is 0. The second-order valence-corrected chi connectivity index (χ2v) is 4.24. The van der Waals surface area contributed by atoms with Gasteiger partial charge < -0.3 is 15.7 Å². The van der Waals surface area contributed by atoms with E-state index in [1.54, 1.807) is 11.9 Å². The highest BCUT2D eigenvalue weighted by Crippen LogP contribution is 2.14. The lowest BCUT2D eigenvalue weighted by molar-refractivity contribution is 0.0683. The molecule has 6 heteroatoms. The van der Waals surface area contributed by atoms with Crippen LogP contribution < -0.4 is 5.73 Å². The Balaban J connectivity index is 2.92. The number of carbonyl (C=O) groups excluding carboxylic acids is 1. The third-order valence-electron chi connectivity index (χ3n) is 2.61. The largest absolute Gasteiger partial charge is 0.396 e. The number of rotatable bonds is 5. The summed E-state index contributed by atoms with van der Waals surface area (Å²) in [5, 5.41) is 12.8. The SMILES string of the molecule is CC(C)N(CCCO)C(=O)c1c(N)cnn1C. The molecule has 0 radical (unpaired) electrons. The molecule has 1 aromatic rings. The molecule has 0 atom stereocenters. The van der Waals surface area contributed by atoms with E-state index in [-0.39, 0.29) is 18.6 Å². The molecule has 96 valence electrons. The van der Waals surface area contributed by atoms with Crippen molar-refractivity contribution >= 4 is 11.6 Å². The zero-order valence-corrected chi connectivity index (χ0v) is 10.6. The lowest BCUT2D eigenvalue weighted by Gasteiger charge is -2.26. The predicted octanol–water partition coefficient (Wildman–Crippen LogP) is 0.235. The lowest BCUT2D eigenvalue weighted by Crippen LogP contribution is -2.39. The zero-order chi connectivity index (χ0) is 13.0. The standard InChI is InChI=1S/C11H20N4O2/c1-8(2)15(5-4-6-16)11(17)10-9(12)7-13-14(10)3/h7-8,16H,4-6,12H2,1-3H3. The molecule has 0 unspecified atom stereocenters. The van der Waals surface area contributed by atoms with E-state index in [0.29, 0.717) is 24.3 Å². The molecule has 0 spiro atoms. The first-order valence-corrected chi connectivity index (χ1v) is 5.68. The van der Waals surface area contributed by atoms with Crippen molar-refractivity contribution in [2.45, 2.75) is 26.3 Å². The molecule has 0 fully saturated rings. The monoisotopic (exact) mass is 240 g/mol. The van der Waals surface area contributed by atoms with Crippen LogP contribution in [0.5, 0.6) is 0 Å². The number of anilines is 1. The molecule has 1 rings (SSSR count). The van der Waals surface area contributed by atoms with Crippen LogP contribution in [0.15, 0.2) is 6.20 Å². The molecule has 1 amide bonds. The highest BCUT2D eigenvalue weighted by Gasteiger charge is 2.23. The molecule has 0 aliphatic heterocycles. The maximum atomic E-state index is 12.3. The number of hydrogen-bond acceptors (Lipinski definition) is 4. The minimum absolute atomic E-state index is 0.0587. The smallest absolute Gasteiger partial charge is 0.274 e. The van der Waals surface area contributed by atoms with Crippen molar-refractivity contribution in [3.63, 3.8) is 0 Å².